The number of rotatable bonds is 6. The van der Waals surface area contributed by atoms with Gasteiger partial charge in [-0.15, -0.1) is 0 Å². The lowest BCUT2D eigenvalue weighted by Gasteiger charge is -2.43. The van der Waals surface area contributed by atoms with Crippen molar-refractivity contribution >= 4 is 5.91 Å². The van der Waals surface area contributed by atoms with Crippen molar-refractivity contribution in [2.75, 3.05) is 20.2 Å². The summed E-state index contributed by atoms with van der Waals surface area (Å²) in [4.78, 5) is 14.7. The van der Waals surface area contributed by atoms with Gasteiger partial charge in [-0.1, -0.05) is 36.2 Å². The van der Waals surface area contributed by atoms with Crippen molar-refractivity contribution in [3.63, 3.8) is 0 Å². The summed E-state index contributed by atoms with van der Waals surface area (Å²) in [5, 5.41) is 0. The highest BCUT2D eigenvalue weighted by atomic mass is 19.1. The molecule has 0 aromatic heterocycles. The Kier molecular flexibility index (Phi) is 5.07. The molecule has 0 radical (unpaired) electrons. The van der Waals surface area contributed by atoms with Crippen molar-refractivity contribution in [1.82, 2.24) is 4.90 Å². The Morgan fingerprint density at radius 2 is 1.92 bits per heavy atom. The molecule has 1 fully saturated rings. The number of benzene rings is 2. The molecule has 2 aromatic carbocycles. The molecule has 0 heterocycles. The zero-order valence-corrected chi connectivity index (χ0v) is 14.8. The van der Waals surface area contributed by atoms with Crippen LogP contribution in [0.5, 0.6) is 5.75 Å². The summed E-state index contributed by atoms with van der Waals surface area (Å²) >= 11 is 0. The van der Waals surface area contributed by atoms with Crippen LogP contribution in [0.15, 0.2) is 48.5 Å². The van der Waals surface area contributed by atoms with Crippen molar-refractivity contribution < 1.29 is 13.9 Å². The Labute approximate surface area is 148 Å². The van der Waals surface area contributed by atoms with E-state index in [-0.39, 0.29) is 11.7 Å². The highest BCUT2D eigenvalue weighted by molar-refractivity contribution is 5.89. The molecule has 2 aromatic rings. The lowest BCUT2D eigenvalue weighted by atomic mass is 9.63. The average molecular weight is 341 g/mol. The van der Waals surface area contributed by atoms with Crippen LogP contribution < -0.4 is 4.74 Å². The van der Waals surface area contributed by atoms with E-state index < -0.39 is 5.41 Å². The molecule has 0 atom stereocenters. The van der Waals surface area contributed by atoms with Gasteiger partial charge in [-0.3, -0.25) is 4.79 Å². The number of nitrogens with zero attached hydrogens (tertiary/aromatic N) is 1. The maximum Gasteiger partial charge on any atom is 0.233 e. The van der Waals surface area contributed by atoms with Crippen LogP contribution in [0.25, 0.3) is 0 Å². The third-order valence-corrected chi connectivity index (χ3v) is 5.06. The molecule has 0 N–H and O–H groups in total. The predicted octanol–water partition coefficient (Wildman–Crippen LogP) is 4.09. The standard InChI is InChI=1S/C21H24FNO2/c1-16-7-9-19(10-8-16)25-14-13-23(2)20(24)21(11-4-12-21)17-5-3-6-18(22)15-17/h3,5-10,15H,4,11-14H2,1-2H3. The number of halogens is 1. The fraction of sp³-hybridized carbons (Fsp3) is 0.381. The molecule has 3 rings (SSSR count). The van der Waals surface area contributed by atoms with E-state index in [1.165, 1.54) is 17.7 Å². The quantitative estimate of drug-likeness (QED) is 0.792. The monoisotopic (exact) mass is 341 g/mol. The van der Waals surface area contributed by atoms with Gasteiger partial charge in [0.2, 0.25) is 5.91 Å². The third kappa shape index (κ3) is 3.68. The van der Waals surface area contributed by atoms with Crippen LogP contribution in [-0.2, 0) is 10.2 Å². The molecule has 0 unspecified atom stereocenters. The summed E-state index contributed by atoms with van der Waals surface area (Å²) in [6.07, 6.45) is 2.55. The van der Waals surface area contributed by atoms with Gasteiger partial charge in [0.05, 0.1) is 12.0 Å². The van der Waals surface area contributed by atoms with Crippen LogP contribution in [0, 0.1) is 12.7 Å². The van der Waals surface area contributed by atoms with Crippen LogP contribution in [0.2, 0.25) is 0 Å². The highest BCUT2D eigenvalue weighted by Gasteiger charge is 2.47. The number of likely N-dealkylation sites (N-methyl/N-ethyl adjacent to an activating group) is 1. The van der Waals surface area contributed by atoms with Crippen molar-refractivity contribution in [1.29, 1.82) is 0 Å². The maximum absolute atomic E-state index is 13.6. The topological polar surface area (TPSA) is 29.5 Å². The molecule has 1 saturated carbocycles. The molecule has 1 aliphatic rings. The van der Waals surface area contributed by atoms with Gasteiger partial charge < -0.3 is 9.64 Å². The van der Waals surface area contributed by atoms with Crippen LogP contribution in [0.3, 0.4) is 0 Å². The van der Waals surface area contributed by atoms with E-state index in [4.69, 9.17) is 4.74 Å². The first kappa shape index (κ1) is 17.5. The molecule has 132 valence electrons. The number of hydrogen-bond donors (Lipinski definition) is 0. The molecule has 1 amide bonds. The largest absolute Gasteiger partial charge is 0.492 e. The molecule has 0 spiro atoms. The minimum Gasteiger partial charge on any atom is -0.492 e. The Hall–Kier alpha value is -2.36. The second-order valence-electron chi connectivity index (χ2n) is 6.83. The van der Waals surface area contributed by atoms with Crippen LogP contribution >= 0.6 is 0 Å². The van der Waals surface area contributed by atoms with E-state index in [2.05, 4.69) is 0 Å². The third-order valence-electron chi connectivity index (χ3n) is 5.06. The smallest absolute Gasteiger partial charge is 0.233 e. The van der Waals surface area contributed by atoms with Gasteiger partial charge >= 0.3 is 0 Å². The van der Waals surface area contributed by atoms with Crippen molar-refractivity contribution in [3.8, 4) is 5.75 Å². The molecule has 0 bridgehead atoms. The minimum absolute atomic E-state index is 0.0526. The summed E-state index contributed by atoms with van der Waals surface area (Å²) in [5.41, 5.74) is 1.40. The van der Waals surface area contributed by atoms with Crippen LogP contribution in [-0.4, -0.2) is 31.0 Å². The van der Waals surface area contributed by atoms with Crippen molar-refractivity contribution in [3.05, 3.63) is 65.5 Å². The number of carbonyl (C=O) groups excluding carboxylic acids is 1. The number of amides is 1. The number of hydrogen-bond acceptors (Lipinski definition) is 2. The SMILES string of the molecule is Cc1ccc(OCCN(C)C(=O)C2(c3cccc(F)c3)CCC2)cc1. The molecule has 25 heavy (non-hydrogen) atoms. The first-order valence-electron chi connectivity index (χ1n) is 8.72. The van der Waals surface area contributed by atoms with Crippen LogP contribution in [0.4, 0.5) is 4.39 Å². The Balaban J connectivity index is 1.61. The molecular weight excluding hydrogens is 317 g/mol. The Morgan fingerprint density at radius 1 is 1.20 bits per heavy atom. The fourth-order valence-electron chi connectivity index (χ4n) is 3.34. The molecule has 3 nitrogen and oxygen atoms in total. The van der Waals surface area contributed by atoms with Crippen LogP contribution in [0.1, 0.15) is 30.4 Å². The second-order valence-corrected chi connectivity index (χ2v) is 6.83. The van der Waals surface area contributed by atoms with Gasteiger partial charge in [0.1, 0.15) is 18.2 Å². The normalized spacial score (nSPS) is 15.3. The first-order chi connectivity index (χ1) is 12.0. The zero-order chi connectivity index (χ0) is 17.9. The first-order valence-corrected chi connectivity index (χ1v) is 8.72. The molecular formula is C21H24FNO2. The summed E-state index contributed by atoms with van der Waals surface area (Å²) in [7, 11) is 1.79. The van der Waals surface area contributed by atoms with Gasteiger partial charge in [-0.25, -0.2) is 4.39 Å². The zero-order valence-electron chi connectivity index (χ0n) is 14.8. The van der Waals surface area contributed by atoms with Gasteiger partial charge in [0.15, 0.2) is 0 Å². The minimum atomic E-state index is -0.569. The van der Waals surface area contributed by atoms with Crippen molar-refractivity contribution in [2.24, 2.45) is 0 Å². The number of aryl methyl sites for hydroxylation is 1. The van der Waals surface area contributed by atoms with E-state index >= 15 is 0 Å². The highest BCUT2D eigenvalue weighted by Crippen LogP contribution is 2.45. The summed E-state index contributed by atoms with van der Waals surface area (Å²) in [6.45, 7) is 2.97. The van der Waals surface area contributed by atoms with E-state index in [0.717, 1.165) is 30.6 Å². The van der Waals surface area contributed by atoms with E-state index in [1.807, 2.05) is 37.3 Å². The average Bonchev–Trinajstić information content (AvgIpc) is 2.55. The molecule has 4 heteroatoms. The second kappa shape index (κ2) is 7.26. The van der Waals surface area contributed by atoms with E-state index in [1.54, 1.807) is 18.0 Å². The lowest BCUT2D eigenvalue weighted by Crippen LogP contribution is -2.50. The van der Waals surface area contributed by atoms with E-state index in [0.29, 0.717) is 13.2 Å². The molecule has 0 aliphatic heterocycles. The predicted molar refractivity (Wildman–Crippen MR) is 96.2 cm³/mol. The summed E-state index contributed by atoms with van der Waals surface area (Å²) in [5.74, 6) is 0.564. The number of ether oxygens (including phenoxy) is 1. The van der Waals surface area contributed by atoms with Gasteiger partial charge in [0, 0.05) is 7.05 Å². The van der Waals surface area contributed by atoms with Gasteiger partial charge in [0.25, 0.3) is 0 Å². The summed E-state index contributed by atoms with van der Waals surface area (Å²) in [6, 6.07) is 14.3. The fourth-order valence-corrected chi connectivity index (χ4v) is 3.34. The summed E-state index contributed by atoms with van der Waals surface area (Å²) < 4.78 is 19.3. The van der Waals surface area contributed by atoms with E-state index in [9.17, 15) is 9.18 Å². The Morgan fingerprint density at radius 3 is 2.52 bits per heavy atom. The van der Waals surface area contributed by atoms with Gasteiger partial charge in [-0.2, -0.15) is 0 Å². The lowest BCUT2D eigenvalue weighted by molar-refractivity contribution is -0.139. The maximum atomic E-state index is 13.6. The molecule has 0 saturated heterocycles. The van der Waals surface area contributed by atoms with Crippen molar-refractivity contribution in [2.45, 2.75) is 31.6 Å². The van der Waals surface area contributed by atoms with Gasteiger partial charge in [-0.05, 0) is 49.6 Å². The molecule has 1 aliphatic carbocycles. The Bertz CT molecular complexity index is 738. The number of carbonyl (C=O) groups is 1.